The van der Waals surface area contributed by atoms with Gasteiger partial charge in [0.1, 0.15) is 4.90 Å². The number of hydrogen-bond donors (Lipinski definition) is 0. The van der Waals surface area contributed by atoms with Crippen molar-refractivity contribution in [2.75, 3.05) is 20.2 Å². The van der Waals surface area contributed by atoms with Crippen molar-refractivity contribution < 1.29 is 13.2 Å². The molecule has 2 rings (SSSR count). The molecule has 2 heterocycles. The Morgan fingerprint density at radius 3 is 2.65 bits per heavy atom. The van der Waals surface area contributed by atoms with Crippen LogP contribution in [0.25, 0.3) is 0 Å². The average molecular weight is 321 g/mol. The van der Waals surface area contributed by atoms with Gasteiger partial charge in [-0.25, -0.2) is 13.4 Å². The number of methoxy groups -OCH3 is 1. The highest BCUT2D eigenvalue weighted by atomic mass is 79.9. The van der Waals surface area contributed by atoms with E-state index in [0.717, 1.165) is 12.8 Å². The molecular formula is C10H13BrN2O3S. The number of halogens is 1. The predicted molar refractivity (Wildman–Crippen MR) is 66.5 cm³/mol. The Balaban J connectivity index is 2.47. The second-order valence-corrected chi connectivity index (χ2v) is 6.59. The van der Waals surface area contributed by atoms with Gasteiger partial charge in [-0.1, -0.05) is 0 Å². The maximum Gasteiger partial charge on any atom is 0.248 e. The number of rotatable bonds is 3. The highest BCUT2D eigenvalue weighted by Gasteiger charge is 2.30. The molecule has 0 aromatic carbocycles. The molecule has 1 aliphatic rings. The minimum atomic E-state index is -3.49. The van der Waals surface area contributed by atoms with E-state index in [1.165, 1.54) is 23.7 Å². The summed E-state index contributed by atoms with van der Waals surface area (Å²) in [6.45, 7) is 1.13. The summed E-state index contributed by atoms with van der Waals surface area (Å²) >= 11 is 3.23. The molecule has 0 N–H and O–H groups in total. The lowest BCUT2D eigenvalue weighted by Gasteiger charge is -2.16. The first kappa shape index (κ1) is 12.8. The second-order valence-electron chi connectivity index (χ2n) is 3.77. The molecule has 0 aliphatic carbocycles. The molecule has 0 radical (unpaired) electrons. The maximum atomic E-state index is 12.4. The van der Waals surface area contributed by atoms with Gasteiger partial charge in [0.2, 0.25) is 15.9 Å². The van der Waals surface area contributed by atoms with Gasteiger partial charge in [-0.2, -0.15) is 4.31 Å². The van der Waals surface area contributed by atoms with E-state index in [4.69, 9.17) is 4.74 Å². The Labute approximate surface area is 109 Å². The van der Waals surface area contributed by atoms with Crippen LogP contribution in [-0.4, -0.2) is 37.9 Å². The third-order valence-corrected chi connectivity index (χ3v) is 4.99. The van der Waals surface area contributed by atoms with Crippen LogP contribution in [0.15, 0.2) is 21.6 Å². The normalized spacial score (nSPS) is 17.3. The highest BCUT2D eigenvalue weighted by molar-refractivity contribution is 9.10. The van der Waals surface area contributed by atoms with E-state index in [1.54, 1.807) is 0 Å². The van der Waals surface area contributed by atoms with Gasteiger partial charge < -0.3 is 4.74 Å². The molecule has 1 saturated heterocycles. The molecule has 7 heteroatoms. The van der Waals surface area contributed by atoms with Crippen LogP contribution in [0.3, 0.4) is 0 Å². The average Bonchev–Trinajstić information content (AvgIpc) is 2.83. The van der Waals surface area contributed by atoms with E-state index in [0.29, 0.717) is 17.6 Å². The largest absolute Gasteiger partial charge is 0.480 e. The molecular weight excluding hydrogens is 308 g/mol. The summed E-state index contributed by atoms with van der Waals surface area (Å²) in [4.78, 5) is 4.08. The molecule has 5 nitrogen and oxygen atoms in total. The Morgan fingerprint density at radius 2 is 2.06 bits per heavy atom. The van der Waals surface area contributed by atoms with E-state index >= 15 is 0 Å². The minimum Gasteiger partial charge on any atom is -0.480 e. The van der Waals surface area contributed by atoms with Crippen LogP contribution in [0.4, 0.5) is 0 Å². The molecule has 0 amide bonds. The van der Waals surface area contributed by atoms with Gasteiger partial charge in [-0.3, -0.25) is 0 Å². The molecule has 94 valence electrons. The van der Waals surface area contributed by atoms with Crippen molar-refractivity contribution in [1.29, 1.82) is 0 Å². The number of aromatic nitrogens is 1. The molecule has 17 heavy (non-hydrogen) atoms. The molecule has 1 fully saturated rings. The molecule has 0 bridgehead atoms. The van der Waals surface area contributed by atoms with Crippen molar-refractivity contribution in [3.8, 4) is 5.88 Å². The third-order valence-electron chi connectivity index (χ3n) is 2.66. The summed E-state index contributed by atoms with van der Waals surface area (Å²) in [5, 5.41) is 0. The summed E-state index contributed by atoms with van der Waals surface area (Å²) in [5.74, 6) is 0.139. The van der Waals surface area contributed by atoms with Crippen LogP contribution in [0.5, 0.6) is 5.88 Å². The van der Waals surface area contributed by atoms with Gasteiger partial charge in [0.25, 0.3) is 0 Å². The molecule has 1 aliphatic heterocycles. The van der Waals surface area contributed by atoms with Crippen molar-refractivity contribution >= 4 is 26.0 Å². The standard InChI is InChI=1S/C10H13BrN2O3S/c1-16-10-9(6-8(11)7-12-10)17(14,15)13-4-2-3-5-13/h6-7H,2-5H2,1H3. The van der Waals surface area contributed by atoms with Crippen LogP contribution in [-0.2, 0) is 10.0 Å². The third kappa shape index (κ3) is 2.46. The maximum absolute atomic E-state index is 12.4. The topological polar surface area (TPSA) is 59.5 Å². The number of ether oxygens (including phenoxy) is 1. The van der Waals surface area contributed by atoms with E-state index in [1.807, 2.05) is 0 Å². The van der Waals surface area contributed by atoms with Crippen molar-refractivity contribution in [3.05, 3.63) is 16.7 Å². The minimum absolute atomic E-state index is 0.122. The molecule has 1 aromatic rings. The fraction of sp³-hybridized carbons (Fsp3) is 0.500. The van der Waals surface area contributed by atoms with Crippen molar-refractivity contribution in [3.63, 3.8) is 0 Å². The van der Waals surface area contributed by atoms with Crippen molar-refractivity contribution in [2.24, 2.45) is 0 Å². The second kappa shape index (κ2) is 4.91. The Morgan fingerprint density at radius 1 is 1.41 bits per heavy atom. The first-order valence-electron chi connectivity index (χ1n) is 5.25. The van der Waals surface area contributed by atoms with Crippen molar-refractivity contribution in [1.82, 2.24) is 9.29 Å². The van der Waals surface area contributed by atoms with Gasteiger partial charge in [-0.15, -0.1) is 0 Å². The van der Waals surface area contributed by atoms with Crippen LogP contribution in [0.1, 0.15) is 12.8 Å². The monoisotopic (exact) mass is 320 g/mol. The van der Waals surface area contributed by atoms with E-state index in [2.05, 4.69) is 20.9 Å². The number of nitrogens with zero attached hydrogens (tertiary/aromatic N) is 2. The summed E-state index contributed by atoms with van der Waals surface area (Å²) in [5.41, 5.74) is 0. The summed E-state index contributed by atoms with van der Waals surface area (Å²) in [6.07, 6.45) is 3.33. The first-order valence-corrected chi connectivity index (χ1v) is 7.48. The van der Waals surface area contributed by atoms with Crippen molar-refractivity contribution in [2.45, 2.75) is 17.7 Å². The molecule has 1 aromatic heterocycles. The summed E-state index contributed by atoms with van der Waals surface area (Å²) in [6, 6.07) is 1.53. The SMILES string of the molecule is COc1ncc(Br)cc1S(=O)(=O)N1CCCC1. The van der Waals surface area contributed by atoms with Crippen LogP contribution in [0, 0.1) is 0 Å². The number of pyridine rings is 1. The lowest BCUT2D eigenvalue weighted by molar-refractivity contribution is 0.381. The van der Waals surface area contributed by atoms with Gasteiger partial charge >= 0.3 is 0 Å². The highest BCUT2D eigenvalue weighted by Crippen LogP contribution is 2.29. The fourth-order valence-electron chi connectivity index (χ4n) is 1.81. The zero-order valence-corrected chi connectivity index (χ0v) is 11.8. The molecule has 0 atom stereocenters. The van der Waals surface area contributed by atoms with E-state index in [9.17, 15) is 8.42 Å². The molecule has 0 saturated carbocycles. The summed E-state index contributed by atoms with van der Waals surface area (Å²) < 4.78 is 31.8. The fourth-order valence-corrected chi connectivity index (χ4v) is 3.95. The quantitative estimate of drug-likeness (QED) is 0.849. The van der Waals surface area contributed by atoms with Gasteiger partial charge in [0.15, 0.2) is 0 Å². The lowest BCUT2D eigenvalue weighted by Crippen LogP contribution is -2.28. The Kier molecular flexibility index (Phi) is 3.70. The van der Waals surface area contributed by atoms with Gasteiger partial charge in [0.05, 0.1) is 7.11 Å². The summed E-state index contributed by atoms with van der Waals surface area (Å²) in [7, 11) is -2.07. The number of sulfonamides is 1. The lowest BCUT2D eigenvalue weighted by atomic mass is 10.4. The molecule has 0 spiro atoms. The van der Waals surface area contributed by atoms with Gasteiger partial charge in [-0.05, 0) is 34.8 Å². The van der Waals surface area contributed by atoms with Crippen LogP contribution >= 0.6 is 15.9 Å². The van der Waals surface area contributed by atoms with Gasteiger partial charge in [0, 0.05) is 23.8 Å². The zero-order chi connectivity index (χ0) is 12.5. The van der Waals surface area contributed by atoms with E-state index < -0.39 is 10.0 Å². The van der Waals surface area contributed by atoms with Crippen LogP contribution in [0.2, 0.25) is 0 Å². The van der Waals surface area contributed by atoms with Crippen LogP contribution < -0.4 is 4.74 Å². The van der Waals surface area contributed by atoms with E-state index in [-0.39, 0.29) is 10.8 Å². The molecule has 0 unspecified atom stereocenters. The zero-order valence-electron chi connectivity index (χ0n) is 9.39. The predicted octanol–water partition coefficient (Wildman–Crippen LogP) is 1.64. The Hall–Kier alpha value is -0.660. The number of hydrogen-bond acceptors (Lipinski definition) is 4. The Bertz CT molecular complexity index is 512. The smallest absolute Gasteiger partial charge is 0.248 e. The first-order chi connectivity index (χ1) is 8.05.